The van der Waals surface area contributed by atoms with Gasteiger partial charge in [0.15, 0.2) is 0 Å². The van der Waals surface area contributed by atoms with E-state index in [0.29, 0.717) is 5.69 Å². The number of thioether (sulfide) groups is 1. The molecule has 104 valence electrons. The Morgan fingerprint density at radius 3 is 2.84 bits per heavy atom. The number of amides is 1. The highest BCUT2D eigenvalue weighted by atomic mass is 79.9. The fraction of sp³-hybridized carbons (Fsp3) is 0.571. The van der Waals surface area contributed by atoms with Crippen molar-refractivity contribution < 1.29 is 4.79 Å². The van der Waals surface area contributed by atoms with Crippen molar-refractivity contribution in [3.05, 3.63) is 28.5 Å². The minimum absolute atomic E-state index is 0.0912. The first-order chi connectivity index (χ1) is 9.17. The Morgan fingerprint density at radius 1 is 1.47 bits per heavy atom. The molecule has 1 fully saturated rings. The maximum absolute atomic E-state index is 12.2. The number of hydrogen-bond donors (Lipinski definition) is 1. The number of nitrogens with one attached hydrogen (secondary N) is 1. The van der Waals surface area contributed by atoms with Crippen LogP contribution in [-0.2, 0) is 0 Å². The molecule has 0 radical (unpaired) electrons. The van der Waals surface area contributed by atoms with Crippen LogP contribution in [-0.4, -0.2) is 28.4 Å². The zero-order chi connectivity index (χ0) is 13.7. The molecule has 1 aromatic heterocycles. The van der Waals surface area contributed by atoms with E-state index >= 15 is 0 Å². The van der Waals surface area contributed by atoms with Gasteiger partial charge in [-0.15, -0.1) is 0 Å². The Bertz CT molecular complexity index is 447. The molecule has 1 aliphatic carbocycles. The number of aromatic nitrogens is 1. The van der Waals surface area contributed by atoms with E-state index in [4.69, 9.17) is 0 Å². The van der Waals surface area contributed by atoms with Crippen LogP contribution in [0.1, 0.15) is 42.6 Å². The van der Waals surface area contributed by atoms with Crippen molar-refractivity contribution in [2.45, 2.75) is 36.9 Å². The van der Waals surface area contributed by atoms with Crippen LogP contribution in [0.25, 0.3) is 0 Å². The number of carbonyl (C=O) groups excluding carboxylic acids is 1. The molecule has 0 unspecified atom stereocenters. The van der Waals surface area contributed by atoms with Crippen LogP contribution >= 0.6 is 27.7 Å². The van der Waals surface area contributed by atoms with Crippen LogP contribution in [0, 0.1) is 0 Å². The third kappa shape index (κ3) is 3.72. The topological polar surface area (TPSA) is 42.0 Å². The Hall–Kier alpha value is -0.550. The van der Waals surface area contributed by atoms with E-state index in [-0.39, 0.29) is 10.7 Å². The lowest BCUT2D eigenvalue weighted by Crippen LogP contribution is -2.42. The third-order valence-corrected chi connectivity index (χ3v) is 5.80. The second-order valence-corrected chi connectivity index (χ2v) is 7.09. The first-order valence-corrected chi connectivity index (χ1v) is 8.62. The van der Waals surface area contributed by atoms with E-state index < -0.39 is 0 Å². The standard InChI is InChI=1S/C14H19BrN2OS/c1-19-14(7-3-2-4-8-14)10-17-13(18)12-11(15)6-5-9-16-12/h5-6,9H,2-4,7-8,10H2,1H3,(H,17,18). The minimum atomic E-state index is -0.0912. The molecular formula is C14H19BrN2OS. The highest BCUT2D eigenvalue weighted by Gasteiger charge is 2.31. The van der Waals surface area contributed by atoms with Crippen molar-refractivity contribution in [2.24, 2.45) is 0 Å². The van der Waals surface area contributed by atoms with Crippen LogP contribution in [0.2, 0.25) is 0 Å². The highest BCUT2D eigenvalue weighted by molar-refractivity contribution is 9.10. The maximum atomic E-state index is 12.2. The highest BCUT2D eigenvalue weighted by Crippen LogP contribution is 2.38. The van der Waals surface area contributed by atoms with Crippen molar-refractivity contribution in [1.82, 2.24) is 10.3 Å². The average molecular weight is 343 g/mol. The van der Waals surface area contributed by atoms with Crippen LogP contribution in [0.4, 0.5) is 0 Å². The van der Waals surface area contributed by atoms with E-state index in [1.807, 2.05) is 23.9 Å². The molecule has 2 rings (SSSR count). The molecule has 1 heterocycles. The Labute approximate surface area is 127 Å². The van der Waals surface area contributed by atoms with E-state index in [9.17, 15) is 4.79 Å². The molecule has 19 heavy (non-hydrogen) atoms. The molecule has 1 N–H and O–H groups in total. The van der Waals surface area contributed by atoms with Crippen LogP contribution in [0.15, 0.2) is 22.8 Å². The third-order valence-electron chi connectivity index (χ3n) is 3.74. The Balaban J connectivity index is 1.98. The molecule has 0 bridgehead atoms. The number of pyridine rings is 1. The van der Waals surface area contributed by atoms with Gasteiger partial charge in [-0.05, 0) is 47.2 Å². The fourth-order valence-corrected chi connectivity index (χ4v) is 3.88. The largest absolute Gasteiger partial charge is 0.349 e. The van der Waals surface area contributed by atoms with Gasteiger partial charge in [0.2, 0.25) is 0 Å². The molecule has 5 heteroatoms. The lowest BCUT2D eigenvalue weighted by Gasteiger charge is -2.35. The predicted molar refractivity (Wildman–Crippen MR) is 83.6 cm³/mol. The number of nitrogens with zero attached hydrogens (tertiary/aromatic N) is 1. The second-order valence-electron chi connectivity index (χ2n) is 4.96. The van der Waals surface area contributed by atoms with Crippen LogP contribution < -0.4 is 5.32 Å². The fourth-order valence-electron chi connectivity index (χ4n) is 2.53. The van der Waals surface area contributed by atoms with Crippen molar-refractivity contribution in [3.63, 3.8) is 0 Å². The van der Waals surface area contributed by atoms with Crippen molar-refractivity contribution >= 4 is 33.6 Å². The number of halogens is 1. The van der Waals surface area contributed by atoms with E-state index in [0.717, 1.165) is 11.0 Å². The summed E-state index contributed by atoms with van der Waals surface area (Å²) >= 11 is 5.25. The summed E-state index contributed by atoms with van der Waals surface area (Å²) in [6.45, 7) is 0.732. The molecule has 1 amide bonds. The summed E-state index contributed by atoms with van der Waals surface area (Å²) in [5.41, 5.74) is 0.467. The summed E-state index contributed by atoms with van der Waals surface area (Å²) in [6, 6.07) is 3.65. The molecule has 0 saturated heterocycles. The van der Waals surface area contributed by atoms with Gasteiger partial charge in [-0.2, -0.15) is 11.8 Å². The molecule has 0 aliphatic heterocycles. The molecule has 1 aliphatic rings. The lowest BCUT2D eigenvalue weighted by molar-refractivity contribution is 0.0941. The first-order valence-electron chi connectivity index (χ1n) is 6.61. The van der Waals surface area contributed by atoms with Gasteiger partial charge >= 0.3 is 0 Å². The summed E-state index contributed by atoms with van der Waals surface area (Å²) in [6.07, 6.45) is 10.0. The van der Waals surface area contributed by atoms with E-state index in [1.165, 1.54) is 32.1 Å². The maximum Gasteiger partial charge on any atom is 0.271 e. The van der Waals surface area contributed by atoms with Gasteiger partial charge in [0.05, 0.1) is 0 Å². The van der Waals surface area contributed by atoms with Gasteiger partial charge in [-0.25, -0.2) is 4.98 Å². The van der Waals surface area contributed by atoms with Gasteiger partial charge in [-0.1, -0.05) is 19.3 Å². The molecule has 0 aromatic carbocycles. The smallest absolute Gasteiger partial charge is 0.271 e. The Morgan fingerprint density at radius 2 is 2.21 bits per heavy atom. The molecule has 1 saturated carbocycles. The molecular weight excluding hydrogens is 324 g/mol. The summed E-state index contributed by atoms with van der Waals surface area (Å²) < 4.78 is 0.962. The van der Waals surface area contributed by atoms with Crippen LogP contribution in [0.5, 0.6) is 0 Å². The average Bonchev–Trinajstić information content (AvgIpc) is 2.46. The van der Waals surface area contributed by atoms with E-state index in [2.05, 4.69) is 32.5 Å². The van der Waals surface area contributed by atoms with Crippen LogP contribution in [0.3, 0.4) is 0 Å². The lowest BCUT2D eigenvalue weighted by atomic mass is 9.88. The summed E-state index contributed by atoms with van der Waals surface area (Å²) in [7, 11) is 0. The predicted octanol–water partition coefficient (Wildman–Crippen LogP) is 3.64. The molecule has 0 spiro atoms. The van der Waals surface area contributed by atoms with E-state index in [1.54, 1.807) is 6.20 Å². The zero-order valence-electron chi connectivity index (χ0n) is 11.1. The van der Waals surface area contributed by atoms with Crippen molar-refractivity contribution in [2.75, 3.05) is 12.8 Å². The molecule has 3 nitrogen and oxygen atoms in total. The van der Waals surface area contributed by atoms with Crippen molar-refractivity contribution in [3.8, 4) is 0 Å². The van der Waals surface area contributed by atoms with Gasteiger partial charge in [0, 0.05) is 22.0 Å². The summed E-state index contributed by atoms with van der Waals surface area (Å²) in [4.78, 5) is 16.3. The summed E-state index contributed by atoms with van der Waals surface area (Å²) in [5, 5.41) is 3.05. The van der Waals surface area contributed by atoms with Gasteiger partial charge in [0.25, 0.3) is 5.91 Å². The second kappa shape index (κ2) is 6.75. The Kier molecular flexibility index (Phi) is 5.28. The summed E-state index contributed by atoms with van der Waals surface area (Å²) in [5.74, 6) is -0.0912. The number of carbonyl (C=O) groups is 1. The van der Waals surface area contributed by atoms with Gasteiger partial charge < -0.3 is 5.32 Å². The zero-order valence-corrected chi connectivity index (χ0v) is 13.5. The number of hydrogen-bond acceptors (Lipinski definition) is 3. The van der Waals surface area contributed by atoms with Gasteiger partial charge in [0.1, 0.15) is 5.69 Å². The van der Waals surface area contributed by atoms with Crippen molar-refractivity contribution in [1.29, 1.82) is 0 Å². The SMILES string of the molecule is CSC1(CNC(=O)c2ncccc2Br)CCCCC1. The number of rotatable bonds is 4. The molecule has 1 aromatic rings. The monoisotopic (exact) mass is 342 g/mol. The minimum Gasteiger partial charge on any atom is -0.349 e. The quantitative estimate of drug-likeness (QED) is 0.908. The normalized spacial score (nSPS) is 18.0. The first kappa shape index (κ1) is 14.9. The van der Waals surface area contributed by atoms with Gasteiger partial charge in [-0.3, -0.25) is 4.79 Å². The molecule has 0 atom stereocenters.